The van der Waals surface area contributed by atoms with Gasteiger partial charge in [0.2, 0.25) is 0 Å². The van der Waals surface area contributed by atoms with Crippen molar-refractivity contribution >= 4 is 0 Å². The lowest BCUT2D eigenvalue weighted by Crippen LogP contribution is -2.33. The Kier molecular flexibility index (Phi) is 8.02. The molecule has 2 N–H and O–H groups in total. The molecule has 3 heteroatoms. The number of unbranched alkanes of at least 4 members (excludes halogenated alkanes) is 1. The topological polar surface area (TPSA) is 49.7 Å². The van der Waals surface area contributed by atoms with Gasteiger partial charge in [-0.1, -0.05) is 40.0 Å². The summed E-state index contributed by atoms with van der Waals surface area (Å²) < 4.78 is 5.13. The predicted molar refractivity (Wildman–Crippen MR) is 61.3 cm³/mol. The molecule has 0 bridgehead atoms. The maximum Gasteiger partial charge on any atom is 0.277 e. The average molecular weight is 218 g/mol. The lowest BCUT2D eigenvalue weighted by atomic mass is 10.0. The van der Waals surface area contributed by atoms with Gasteiger partial charge in [0.1, 0.15) is 0 Å². The van der Waals surface area contributed by atoms with Crippen molar-refractivity contribution in [1.82, 2.24) is 0 Å². The Morgan fingerprint density at radius 1 is 1.13 bits per heavy atom. The summed E-state index contributed by atoms with van der Waals surface area (Å²) in [5.74, 6) is -1.48. The Morgan fingerprint density at radius 3 is 2.27 bits per heavy atom. The molecular weight excluding hydrogens is 192 g/mol. The Bertz CT molecular complexity index is 146. The molecule has 92 valence electrons. The Labute approximate surface area is 93.5 Å². The van der Waals surface area contributed by atoms with Crippen molar-refractivity contribution in [3.8, 4) is 0 Å². The summed E-state index contributed by atoms with van der Waals surface area (Å²) in [6.45, 7) is 6.62. The summed E-state index contributed by atoms with van der Waals surface area (Å²) in [7, 11) is 0. The van der Waals surface area contributed by atoms with E-state index in [1.165, 1.54) is 12.8 Å². The second kappa shape index (κ2) is 8.08. The number of rotatable bonds is 9. The quantitative estimate of drug-likeness (QED) is 0.585. The van der Waals surface area contributed by atoms with Crippen LogP contribution in [0.5, 0.6) is 0 Å². The second-order valence-corrected chi connectivity index (χ2v) is 4.22. The van der Waals surface area contributed by atoms with Crippen LogP contribution in [-0.4, -0.2) is 22.8 Å². The van der Waals surface area contributed by atoms with Crippen LogP contribution in [0, 0.1) is 5.92 Å². The van der Waals surface area contributed by atoms with Gasteiger partial charge < -0.3 is 14.9 Å². The predicted octanol–water partition coefficient (Wildman–Crippen LogP) is 2.66. The minimum Gasteiger partial charge on any atom is -0.343 e. The lowest BCUT2D eigenvalue weighted by Gasteiger charge is -2.24. The molecule has 0 fully saturated rings. The summed E-state index contributed by atoms with van der Waals surface area (Å²) >= 11 is 0. The molecule has 1 atom stereocenters. The highest BCUT2D eigenvalue weighted by molar-refractivity contribution is 4.58. The molecule has 0 aromatic rings. The van der Waals surface area contributed by atoms with E-state index in [0.717, 1.165) is 12.8 Å². The van der Waals surface area contributed by atoms with E-state index in [1.54, 1.807) is 0 Å². The van der Waals surface area contributed by atoms with Crippen molar-refractivity contribution in [3.05, 3.63) is 0 Å². The number of hydrogen-bond donors (Lipinski definition) is 2. The molecule has 0 heterocycles. The highest BCUT2D eigenvalue weighted by Gasteiger charge is 2.23. The Hall–Kier alpha value is -0.120. The molecular formula is C12H26O3. The summed E-state index contributed by atoms with van der Waals surface area (Å²) in [5, 5.41) is 18.8. The second-order valence-electron chi connectivity index (χ2n) is 4.22. The highest BCUT2D eigenvalue weighted by Crippen LogP contribution is 2.17. The van der Waals surface area contributed by atoms with Gasteiger partial charge >= 0.3 is 0 Å². The largest absolute Gasteiger partial charge is 0.343 e. The lowest BCUT2D eigenvalue weighted by molar-refractivity contribution is -0.344. The Morgan fingerprint density at radius 2 is 1.80 bits per heavy atom. The normalized spacial score (nSPS) is 14.2. The van der Waals surface area contributed by atoms with Gasteiger partial charge in [0.05, 0.1) is 6.61 Å². The van der Waals surface area contributed by atoms with Crippen molar-refractivity contribution in [1.29, 1.82) is 0 Å². The van der Waals surface area contributed by atoms with Crippen LogP contribution in [0.25, 0.3) is 0 Å². The van der Waals surface area contributed by atoms with Gasteiger partial charge in [-0.25, -0.2) is 0 Å². The number of ether oxygens (including phenoxy) is 1. The molecule has 0 aliphatic rings. The van der Waals surface area contributed by atoms with Crippen molar-refractivity contribution in [2.45, 2.75) is 65.3 Å². The molecule has 0 amide bonds. The third kappa shape index (κ3) is 7.77. The smallest absolute Gasteiger partial charge is 0.277 e. The van der Waals surface area contributed by atoms with E-state index in [2.05, 4.69) is 13.8 Å². The third-order valence-electron chi connectivity index (χ3n) is 2.67. The van der Waals surface area contributed by atoms with Crippen molar-refractivity contribution in [3.63, 3.8) is 0 Å². The number of aliphatic hydroxyl groups is 2. The maximum atomic E-state index is 9.42. The van der Waals surface area contributed by atoms with E-state index in [-0.39, 0.29) is 6.42 Å². The SMILES string of the molecule is CCCCC(CC)COC(O)(O)CCC. The summed E-state index contributed by atoms with van der Waals surface area (Å²) in [4.78, 5) is 0. The van der Waals surface area contributed by atoms with Crippen LogP contribution in [0.2, 0.25) is 0 Å². The first-order chi connectivity index (χ1) is 7.05. The fourth-order valence-corrected chi connectivity index (χ4v) is 1.55. The minimum absolute atomic E-state index is 0.275. The van der Waals surface area contributed by atoms with Crippen LogP contribution in [0.4, 0.5) is 0 Å². The molecule has 0 aliphatic carbocycles. The summed E-state index contributed by atoms with van der Waals surface area (Å²) in [6, 6.07) is 0. The molecule has 15 heavy (non-hydrogen) atoms. The van der Waals surface area contributed by atoms with E-state index in [4.69, 9.17) is 4.74 Å². The molecule has 0 spiro atoms. The van der Waals surface area contributed by atoms with Gasteiger partial charge in [0.15, 0.2) is 0 Å². The monoisotopic (exact) mass is 218 g/mol. The van der Waals surface area contributed by atoms with E-state index < -0.39 is 5.97 Å². The van der Waals surface area contributed by atoms with E-state index >= 15 is 0 Å². The minimum atomic E-state index is -1.92. The molecule has 0 saturated heterocycles. The maximum absolute atomic E-state index is 9.42. The molecule has 0 aromatic carbocycles. The van der Waals surface area contributed by atoms with Crippen LogP contribution in [0.15, 0.2) is 0 Å². The standard InChI is InChI=1S/C12H26O3/c1-4-7-8-11(6-3)10-15-12(13,14)9-5-2/h11,13-14H,4-10H2,1-3H3. The van der Waals surface area contributed by atoms with E-state index in [9.17, 15) is 10.2 Å². The van der Waals surface area contributed by atoms with Crippen molar-refractivity contribution in [2.75, 3.05) is 6.61 Å². The summed E-state index contributed by atoms with van der Waals surface area (Å²) in [6.07, 6.45) is 5.47. The van der Waals surface area contributed by atoms with Gasteiger partial charge in [-0.3, -0.25) is 0 Å². The fraction of sp³-hybridized carbons (Fsp3) is 1.00. The summed E-state index contributed by atoms with van der Waals surface area (Å²) in [5.41, 5.74) is 0. The van der Waals surface area contributed by atoms with Gasteiger partial charge in [0, 0.05) is 6.42 Å². The van der Waals surface area contributed by atoms with Crippen LogP contribution in [0.1, 0.15) is 59.3 Å². The molecule has 0 aromatic heterocycles. The van der Waals surface area contributed by atoms with Crippen LogP contribution < -0.4 is 0 Å². The fourth-order valence-electron chi connectivity index (χ4n) is 1.55. The van der Waals surface area contributed by atoms with Crippen molar-refractivity contribution in [2.24, 2.45) is 5.92 Å². The first-order valence-corrected chi connectivity index (χ1v) is 6.14. The van der Waals surface area contributed by atoms with Crippen molar-refractivity contribution < 1.29 is 14.9 Å². The zero-order valence-corrected chi connectivity index (χ0v) is 10.3. The molecule has 0 radical (unpaired) electrons. The zero-order valence-electron chi connectivity index (χ0n) is 10.3. The van der Waals surface area contributed by atoms with Crippen LogP contribution >= 0.6 is 0 Å². The first-order valence-electron chi connectivity index (χ1n) is 6.14. The van der Waals surface area contributed by atoms with Gasteiger partial charge in [-0.2, -0.15) is 0 Å². The number of hydrogen-bond acceptors (Lipinski definition) is 3. The van der Waals surface area contributed by atoms with Gasteiger partial charge in [-0.05, 0) is 18.8 Å². The van der Waals surface area contributed by atoms with E-state index in [0.29, 0.717) is 18.9 Å². The molecule has 0 aliphatic heterocycles. The molecule has 0 saturated carbocycles. The van der Waals surface area contributed by atoms with E-state index in [1.807, 2.05) is 6.92 Å². The van der Waals surface area contributed by atoms with Gasteiger partial charge in [0.25, 0.3) is 5.97 Å². The average Bonchev–Trinajstić information content (AvgIpc) is 2.18. The molecule has 0 rings (SSSR count). The Balaban J connectivity index is 3.77. The van der Waals surface area contributed by atoms with Crippen LogP contribution in [0.3, 0.4) is 0 Å². The first kappa shape index (κ1) is 14.9. The molecule has 1 unspecified atom stereocenters. The van der Waals surface area contributed by atoms with Gasteiger partial charge in [-0.15, -0.1) is 0 Å². The van der Waals surface area contributed by atoms with Crippen LogP contribution in [-0.2, 0) is 4.74 Å². The third-order valence-corrected chi connectivity index (χ3v) is 2.67. The highest BCUT2D eigenvalue weighted by atomic mass is 16.8. The molecule has 3 nitrogen and oxygen atoms in total. The zero-order chi connectivity index (χ0) is 11.7.